The molecular formula is C15H30O9. The van der Waals surface area contributed by atoms with Crippen LogP contribution >= 0.6 is 0 Å². The van der Waals surface area contributed by atoms with Gasteiger partial charge in [-0.2, -0.15) is 0 Å². The number of rotatable bonds is 18. The second kappa shape index (κ2) is 20.1. The number of carbonyl (C=O) groups excluding carboxylic acids is 1. The molecule has 0 aromatic heterocycles. The van der Waals surface area contributed by atoms with Gasteiger partial charge < -0.3 is 37.9 Å². The van der Waals surface area contributed by atoms with E-state index in [2.05, 4.69) is 0 Å². The summed E-state index contributed by atoms with van der Waals surface area (Å²) in [4.78, 5) is 11.2. The highest BCUT2D eigenvalue weighted by molar-refractivity contribution is 5.59. The van der Waals surface area contributed by atoms with Crippen LogP contribution in [0.3, 0.4) is 0 Å². The SMILES string of the molecule is COCCOCCOCCOC(=O)OCCOCCOCCOC. The molecule has 0 rings (SSSR count). The Morgan fingerprint density at radius 2 is 0.792 bits per heavy atom. The summed E-state index contributed by atoms with van der Waals surface area (Å²) in [7, 11) is 3.22. The Morgan fingerprint density at radius 1 is 0.500 bits per heavy atom. The van der Waals surface area contributed by atoms with E-state index in [4.69, 9.17) is 37.9 Å². The van der Waals surface area contributed by atoms with Crippen molar-refractivity contribution in [3.63, 3.8) is 0 Å². The fourth-order valence-corrected chi connectivity index (χ4v) is 1.34. The first-order valence-corrected chi connectivity index (χ1v) is 7.89. The zero-order valence-corrected chi connectivity index (χ0v) is 14.7. The normalized spacial score (nSPS) is 10.8. The van der Waals surface area contributed by atoms with Crippen LogP contribution in [0.5, 0.6) is 0 Å². The molecule has 0 unspecified atom stereocenters. The van der Waals surface area contributed by atoms with Crippen molar-refractivity contribution in [3.05, 3.63) is 0 Å². The van der Waals surface area contributed by atoms with Crippen molar-refractivity contribution in [2.75, 3.05) is 93.5 Å². The minimum atomic E-state index is -0.741. The van der Waals surface area contributed by atoms with Gasteiger partial charge in [0.1, 0.15) is 13.2 Å². The first-order valence-electron chi connectivity index (χ1n) is 7.89. The topological polar surface area (TPSA) is 90.9 Å². The molecule has 0 aliphatic heterocycles. The minimum absolute atomic E-state index is 0.130. The minimum Gasteiger partial charge on any atom is -0.432 e. The lowest BCUT2D eigenvalue weighted by Gasteiger charge is -2.08. The largest absolute Gasteiger partial charge is 0.508 e. The smallest absolute Gasteiger partial charge is 0.432 e. The van der Waals surface area contributed by atoms with Crippen molar-refractivity contribution in [1.82, 2.24) is 0 Å². The third-order valence-corrected chi connectivity index (χ3v) is 2.50. The van der Waals surface area contributed by atoms with E-state index in [1.807, 2.05) is 0 Å². The maximum absolute atomic E-state index is 11.2. The van der Waals surface area contributed by atoms with Crippen molar-refractivity contribution in [3.8, 4) is 0 Å². The van der Waals surface area contributed by atoms with Gasteiger partial charge in [0, 0.05) is 14.2 Å². The van der Waals surface area contributed by atoms with E-state index in [1.54, 1.807) is 14.2 Å². The van der Waals surface area contributed by atoms with E-state index >= 15 is 0 Å². The molecule has 0 aliphatic rings. The van der Waals surface area contributed by atoms with Crippen LogP contribution in [-0.2, 0) is 37.9 Å². The highest BCUT2D eigenvalue weighted by atomic mass is 16.7. The lowest BCUT2D eigenvalue weighted by molar-refractivity contribution is -0.0116. The van der Waals surface area contributed by atoms with Gasteiger partial charge in [-0.05, 0) is 0 Å². The van der Waals surface area contributed by atoms with Crippen molar-refractivity contribution in [1.29, 1.82) is 0 Å². The van der Waals surface area contributed by atoms with Crippen LogP contribution in [0.15, 0.2) is 0 Å². The Morgan fingerprint density at radius 3 is 1.12 bits per heavy atom. The van der Waals surface area contributed by atoms with Gasteiger partial charge in [0.2, 0.25) is 0 Å². The summed E-state index contributed by atoms with van der Waals surface area (Å²) in [6.07, 6.45) is -0.741. The summed E-state index contributed by atoms with van der Waals surface area (Å²) in [5.41, 5.74) is 0. The van der Waals surface area contributed by atoms with Crippen molar-refractivity contribution in [2.45, 2.75) is 0 Å². The quantitative estimate of drug-likeness (QED) is 0.258. The van der Waals surface area contributed by atoms with Crippen LogP contribution in [-0.4, -0.2) is 99.7 Å². The monoisotopic (exact) mass is 354 g/mol. The Kier molecular flexibility index (Phi) is 19.3. The van der Waals surface area contributed by atoms with Gasteiger partial charge in [0.15, 0.2) is 0 Å². The molecule has 0 saturated heterocycles. The predicted molar refractivity (Wildman–Crippen MR) is 84.3 cm³/mol. The summed E-state index contributed by atoms with van der Waals surface area (Å²) in [5, 5.41) is 0. The van der Waals surface area contributed by atoms with Gasteiger partial charge in [-0.25, -0.2) is 4.79 Å². The molecule has 24 heavy (non-hydrogen) atoms. The molecule has 9 heteroatoms. The van der Waals surface area contributed by atoms with E-state index in [1.165, 1.54) is 0 Å². The van der Waals surface area contributed by atoms with Gasteiger partial charge in [-0.15, -0.1) is 0 Å². The summed E-state index contributed by atoms with van der Waals surface area (Å²) in [5.74, 6) is 0. The summed E-state index contributed by atoms with van der Waals surface area (Å²) < 4.78 is 40.1. The van der Waals surface area contributed by atoms with Gasteiger partial charge >= 0.3 is 6.16 Å². The summed E-state index contributed by atoms with van der Waals surface area (Å²) >= 11 is 0. The molecule has 0 heterocycles. The van der Waals surface area contributed by atoms with Crippen LogP contribution in [0.25, 0.3) is 0 Å². The van der Waals surface area contributed by atoms with Gasteiger partial charge in [-0.1, -0.05) is 0 Å². The molecule has 0 atom stereocenters. The van der Waals surface area contributed by atoms with E-state index in [0.717, 1.165) is 0 Å². The Labute approximate surface area is 143 Å². The van der Waals surface area contributed by atoms with Crippen molar-refractivity contribution < 1.29 is 42.7 Å². The van der Waals surface area contributed by atoms with Crippen LogP contribution in [0.2, 0.25) is 0 Å². The lowest BCUT2D eigenvalue weighted by atomic mass is 10.7. The number of ether oxygens (including phenoxy) is 8. The van der Waals surface area contributed by atoms with E-state index in [-0.39, 0.29) is 26.4 Å². The maximum Gasteiger partial charge on any atom is 0.508 e. The molecule has 144 valence electrons. The van der Waals surface area contributed by atoms with E-state index in [9.17, 15) is 4.79 Å². The molecule has 0 spiro atoms. The Bertz CT molecular complexity index is 239. The molecule has 0 fully saturated rings. The molecule has 0 saturated carbocycles. The fourth-order valence-electron chi connectivity index (χ4n) is 1.34. The molecule has 0 radical (unpaired) electrons. The zero-order chi connectivity index (χ0) is 17.7. The maximum atomic E-state index is 11.2. The Balaban J connectivity index is 3.13. The van der Waals surface area contributed by atoms with Crippen LogP contribution < -0.4 is 0 Å². The highest BCUT2D eigenvalue weighted by Gasteiger charge is 2.03. The summed E-state index contributed by atoms with van der Waals surface area (Å²) in [6.45, 7) is 4.82. The fraction of sp³-hybridized carbons (Fsp3) is 0.933. The summed E-state index contributed by atoms with van der Waals surface area (Å²) in [6, 6.07) is 0. The number of hydrogen-bond donors (Lipinski definition) is 0. The van der Waals surface area contributed by atoms with Gasteiger partial charge in [0.25, 0.3) is 0 Å². The number of carbonyl (C=O) groups is 1. The van der Waals surface area contributed by atoms with Gasteiger partial charge in [0.05, 0.1) is 66.1 Å². The first-order chi connectivity index (χ1) is 11.8. The number of hydrogen-bond acceptors (Lipinski definition) is 9. The Hall–Kier alpha value is -0.970. The molecule has 0 aliphatic carbocycles. The van der Waals surface area contributed by atoms with Gasteiger partial charge in [-0.3, -0.25) is 0 Å². The van der Waals surface area contributed by atoms with E-state index < -0.39 is 6.16 Å². The molecule has 0 aromatic carbocycles. The highest BCUT2D eigenvalue weighted by Crippen LogP contribution is 1.88. The average molecular weight is 354 g/mol. The standard InChI is InChI=1S/C15H30O9/c1-17-3-5-19-7-9-21-11-13-23-15(16)24-14-12-22-10-8-20-6-4-18-2/h3-14H2,1-2H3. The van der Waals surface area contributed by atoms with Crippen LogP contribution in [0.4, 0.5) is 4.79 Å². The first kappa shape index (κ1) is 23.0. The van der Waals surface area contributed by atoms with Crippen LogP contribution in [0, 0.1) is 0 Å². The molecule has 0 amide bonds. The van der Waals surface area contributed by atoms with E-state index in [0.29, 0.717) is 52.9 Å². The average Bonchev–Trinajstić information content (AvgIpc) is 2.59. The zero-order valence-electron chi connectivity index (χ0n) is 14.7. The molecule has 0 N–H and O–H groups in total. The third-order valence-electron chi connectivity index (χ3n) is 2.50. The number of methoxy groups -OCH3 is 2. The second-order valence-electron chi connectivity index (χ2n) is 4.38. The third kappa shape index (κ3) is 19.1. The second-order valence-corrected chi connectivity index (χ2v) is 4.38. The van der Waals surface area contributed by atoms with Crippen molar-refractivity contribution >= 4 is 6.16 Å². The molecule has 0 bridgehead atoms. The lowest BCUT2D eigenvalue weighted by Crippen LogP contribution is -2.17. The van der Waals surface area contributed by atoms with Crippen molar-refractivity contribution in [2.24, 2.45) is 0 Å². The van der Waals surface area contributed by atoms with Crippen LogP contribution in [0.1, 0.15) is 0 Å². The molecule has 0 aromatic rings. The molecule has 9 nitrogen and oxygen atoms in total. The molecular weight excluding hydrogens is 324 g/mol. The predicted octanol–water partition coefficient (Wildman–Crippen LogP) is 0.499.